The molecule has 0 saturated heterocycles. The van der Waals surface area contributed by atoms with E-state index >= 15 is 0 Å². The molecular weight excluding hydrogens is 364 g/mol. The highest BCUT2D eigenvalue weighted by Crippen LogP contribution is 2.19. The van der Waals surface area contributed by atoms with Crippen LogP contribution in [0, 0.1) is 10.8 Å². The van der Waals surface area contributed by atoms with Crippen LogP contribution in [0.15, 0.2) is 47.5 Å². The second-order valence-corrected chi connectivity index (χ2v) is 7.40. The Balaban J connectivity index is 0.000000280. The molecule has 0 spiro atoms. The molecule has 0 aliphatic heterocycles. The summed E-state index contributed by atoms with van der Waals surface area (Å²) in [6.45, 7) is 8.66. The lowest BCUT2D eigenvalue weighted by Crippen LogP contribution is -2.35. The Kier molecular flexibility index (Phi) is 8.80. The molecule has 0 fully saturated rings. The highest BCUT2D eigenvalue weighted by molar-refractivity contribution is 5.89. The van der Waals surface area contributed by atoms with E-state index in [-0.39, 0.29) is 10.8 Å². The summed E-state index contributed by atoms with van der Waals surface area (Å²) in [4.78, 5) is 3.89. The Morgan fingerprint density at radius 1 is 0.929 bits per heavy atom. The molecule has 0 saturated carbocycles. The lowest BCUT2D eigenvalue weighted by molar-refractivity contribution is 0.137. The van der Waals surface area contributed by atoms with Crippen LogP contribution < -0.4 is 0 Å². The maximum atomic E-state index is 8.94. The zero-order valence-electron chi connectivity index (χ0n) is 17.3. The standard InChI is InChI=1S/2C9H15N3O2/c1-9(2,6-14-3)8(11-13)12-5-4-10-7-12;1-9(2,7-14-3)8(11-13)12-6-4-5-10-12/h4-5,7,13H,6H2,1-3H3;4-6,13H,7H2,1-3H3/b2*11-8-. The van der Waals surface area contributed by atoms with Gasteiger partial charge in [0.15, 0.2) is 11.7 Å². The molecule has 28 heavy (non-hydrogen) atoms. The number of ether oxygens (including phenoxy) is 2. The molecule has 0 amide bonds. The maximum absolute atomic E-state index is 8.94. The van der Waals surface area contributed by atoms with Crippen LogP contribution in [-0.4, -0.2) is 68.9 Å². The zero-order valence-corrected chi connectivity index (χ0v) is 17.3. The molecule has 0 radical (unpaired) electrons. The van der Waals surface area contributed by atoms with Gasteiger partial charge < -0.3 is 19.9 Å². The fourth-order valence-electron chi connectivity index (χ4n) is 2.66. The quantitative estimate of drug-likeness (QED) is 0.336. The number of methoxy groups -OCH3 is 2. The first-order valence-corrected chi connectivity index (χ1v) is 8.64. The van der Waals surface area contributed by atoms with Crippen LogP contribution in [0.3, 0.4) is 0 Å². The van der Waals surface area contributed by atoms with Gasteiger partial charge in [0.1, 0.15) is 6.33 Å². The van der Waals surface area contributed by atoms with Crippen LogP contribution >= 0.6 is 0 Å². The molecule has 156 valence electrons. The van der Waals surface area contributed by atoms with E-state index in [9.17, 15) is 0 Å². The Morgan fingerprint density at radius 2 is 1.50 bits per heavy atom. The number of oxime groups is 2. The first-order valence-electron chi connectivity index (χ1n) is 8.64. The third-order valence-electron chi connectivity index (χ3n) is 3.88. The molecule has 2 aromatic rings. The zero-order chi connectivity index (χ0) is 21.2. The number of hydrogen-bond acceptors (Lipinski definition) is 8. The summed E-state index contributed by atoms with van der Waals surface area (Å²) < 4.78 is 13.3. The van der Waals surface area contributed by atoms with Gasteiger partial charge in [-0.15, -0.1) is 0 Å². The van der Waals surface area contributed by atoms with Gasteiger partial charge in [-0.05, 0) is 6.07 Å². The van der Waals surface area contributed by atoms with Crippen molar-refractivity contribution in [2.45, 2.75) is 27.7 Å². The van der Waals surface area contributed by atoms with Gasteiger partial charge in [0.05, 0.1) is 24.0 Å². The van der Waals surface area contributed by atoms with Crippen molar-refractivity contribution in [3.63, 3.8) is 0 Å². The second-order valence-electron chi connectivity index (χ2n) is 7.40. The Morgan fingerprint density at radius 3 is 1.89 bits per heavy atom. The van der Waals surface area contributed by atoms with Gasteiger partial charge in [-0.2, -0.15) is 5.10 Å². The molecular formula is C18H30N6O4. The summed E-state index contributed by atoms with van der Waals surface area (Å²) in [5, 5.41) is 28.4. The third kappa shape index (κ3) is 6.17. The fourth-order valence-corrected chi connectivity index (χ4v) is 2.66. The molecule has 0 aromatic carbocycles. The molecule has 0 aliphatic carbocycles. The largest absolute Gasteiger partial charge is 0.409 e. The molecule has 2 N–H and O–H groups in total. The van der Waals surface area contributed by atoms with E-state index in [1.54, 1.807) is 56.0 Å². The summed E-state index contributed by atoms with van der Waals surface area (Å²) in [6, 6.07) is 1.77. The van der Waals surface area contributed by atoms with E-state index < -0.39 is 0 Å². The van der Waals surface area contributed by atoms with Crippen LogP contribution in [0.4, 0.5) is 0 Å². The Labute approximate surface area is 165 Å². The molecule has 0 unspecified atom stereocenters. The summed E-state index contributed by atoms with van der Waals surface area (Å²) in [7, 11) is 3.23. The van der Waals surface area contributed by atoms with Crippen molar-refractivity contribution in [2.24, 2.45) is 21.1 Å². The highest BCUT2D eigenvalue weighted by atomic mass is 16.5. The fraction of sp³-hybridized carbons (Fsp3) is 0.556. The van der Waals surface area contributed by atoms with Crippen LogP contribution in [0.5, 0.6) is 0 Å². The normalized spacial score (nSPS) is 13.2. The first kappa shape index (κ1) is 23.3. The maximum Gasteiger partial charge on any atom is 0.176 e. The molecule has 2 heterocycles. The minimum atomic E-state index is -0.379. The minimum Gasteiger partial charge on any atom is -0.409 e. The van der Waals surface area contributed by atoms with E-state index in [0.717, 1.165) is 0 Å². The molecule has 10 nitrogen and oxygen atoms in total. The Bertz CT molecular complexity index is 672. The van der Waals surface area contributed by atoms with Crippen molar-refractivity contribution in [1.82, 2.24) is 19.3 Å². The SMILES string of the molecule is COCC(C)(C)/C(=N/O)n1cccn1.COCC(C)(C)/C(=N/O)n1ccnc1. The van der Waals surface area contributed by atoms with Gasteiger partial charge in [0.2, 0.25) is 0 Å². The third-order valence-corrected chi connectivity index (χ3v) is 3.88. The monoisotopic (exact) mass is 394 g/mol. The Hall–Kier alpha value is -2.72. The molecule has 0 aliphatic rings. The molecule has 2 aromatic heterocycles. The summed E-state index contributed by atoms with van der Waals surface area (Å²) in [5.74, 6) is 0.973. The van der Waals surface area contributed by atoms with Crippen LogP contribution in [0.25, 0.3) is 0 Å². The molecule has 2 rings (SSSR count). The number of nitrogens with zero attached hydrogens (tertiary/aromatic N) is 6. The number of aromatic nitrogens is 4. The van der Waals surface area contributed by atoms with Gasteiger partial charge >= 0.3 is 0 Å². The summed E-state index contributed by atoms with van der Waals surface area (Å²) >= 11 is 0. The van der Waals surface area contributed by atoms with Crippen molar-refractivity contribution in [3.8, 4) is 0 Å². The first-order chi connectivity index (χ1) is 13.2. The lowest BCUT2D eigenvalue weighted by atomic mass is 9.93. The average Bonchev–Trinajstić information content (AvgIpc) is 3.30. The topological polar surface area (TPSA) is 119 Å². The predicted octanol–water partition coefficient (Wildman–Crippen LogP) is 2.38. The number of rotatable bonds is 6. The van der Waals surface area contributed by atoms with Crippen LogP contribution in [0.1, 0.15) is 27.7 Å². The summed E-state index contributed by atoms with van der Waals surface area (Å²) in [5.41, 5.74) is -0.736. The van der Waals surface area contributed by atoms with Gasteiger partial charge in [0.25, 0.3) is 0 Å². The van der Waals surface area contributed by atoms with Gasteiger partial charge in [0, 0.05) is 39.0 Å². The number of imidazole rings is 1. The predicted molar refractivity (Wildman–Crippen MR) is 105 cm³/mol. The molecule has 0 bridgehead atoms. The average molecular weight is 394 g/mol. The van der Waals surface area contributed by atoms with E-state index in [1.807, 2.05) is 27.7 Å². The van der Waals surface area contributed by atoms with Gasteiger partial charge in [-0.3, -0.25) is 4.57 Å². The van der Waals surface area contributed by atoms with Crippen LogP contribution in [0.2, 0.25) is 0 Å². The van der Waals surface area contributed by atoms with Gasteiger partial charge in [-0.25, -0.2) is 9.67 Å². The summed E-state index contributed by atoms with van der Waals surface area (Å²) in [6.07, 6.45) is 8.31. The number of hydrogen-bond donors (Lipinski definition) is 2. The van der Waals surface area contributed by atoms with Crippen molar-refractivity contribution < 1.29 is 19.9 Å². The van der Waals surface area contributed by atoms with E-state index in [0.29, 0.717) is 24.9 Å². The minimum absolute atomic E-state index is 0.357. The lowest BCUT2D eigenvalue weighted by Gasteiger charge is -2.24. The molecule has 0 atom stereocenters. The van der Waals surface area contributed by atoms with E-state index in [2.05, 4.69) is 20.4 Å². The smallest absolute Gasteiger partial charge is 0.176 e. The van der Waals surface area contributed by atoms with Crippen molar-refractivity contribution in [2.75, 3.05) is 27.4 Å². The molecule has 10 heteroatoms. The van der Waals surface area contributed by atoms with Crippen molar-refractivity contribution >= 4 is 11.7 Å². The van der Waals surface area contributed by atoms with E-state index in [4.69, 9.17) is 19.9 Å². The second kappa shape index (κ2) is 10.6. The highest BCUT2D eigenvalue weighted by Gasteiger charge is 2.28. The van der Waals surface area contributed by atoms with Gasteiger partial charge in [-0.1, -0.05) is 38.0 Å². The van der Waals surface area contributed by atoms with Crippen molar-refractivity contribution in [1.29, 1.82) is 0 Å². The van der Waals surface area contributed by atoms with Crippen LogP contribution in [-0.2, 0) is 9.47 Å². The van der Waals surface area contributed by atoms with E-state index in [1.165, 1.54) is 4.68 Å². The van der Waals surface area contributed by atoms with Crippen molar-refractivity contribution in [3.05, 3.63) is 37.2 Å².